The Bertz CT molecular complexity index is 760. The van der Waals surface area contributed by atoms with Crippen LogP contribution in [0.15, 0.2) is 28.7 Å². The maximum Gasteiger partial charge on any atom is 0.283 e. The number of halogens is 1. The molecule has 0 radical (unpaired) electrons. The molecular formula is C15H15BrN2O4S. The lowest BCUT2D eigenvalue weighted by Gasteiger charge is -2.18. The van der Waals surface area contributed by atoms with Crippen LogP contribution in [0.1, 0.15) is 20.1 Å². The van der Waals surface area contributed by atoms with Crippen LogP contribution < -0.4 is 4.74 Å². The van der Waals surface area contributed by atoms with Crippen LogP contribution in [0.3, 0.4) is 0 Å². The van der Waals surface area contributed by atoms with E-state index in [4.69, 9.17) is 4.74 Å². The van der Waals surface area contributed by atoms with Gasteiger partial charge in [0.15, 0.2) is 0 Å². The van der Waals surface area contributed by atoms with Gasteiger partial charge in [-0.2, -0.15) is 0 Å². The molecule has 1 heterocycles. The van der Waals surface area contributed by atoms with E-state index in [9.17, 15) is 14.9 Å². The average Bonchev–Trinajstić information content (AvgIpc) is 2.88. The largest absolute Gasteiger partial charge is 0.496 e. The zero-order chi connectivity index (χ0) is 17.1. The highest BCUT2D eigenvalue weighted by Gasteiger charge is 2.22. The number of aryl methyl sites for hydroxylation is 1. The van der Waals surface area contributed by atoms with Gasteiger partial charge in [-0.3, -0.25) is 14.9 Å². The van der Waals surface area contributed by atoms with E-state index in [0.717, 1.165) is 21.4 Å². The molecule has 122 valence electrons. The molecule has 23 heavy (non-hydrogen) atoms. The van der Waals surface area contributed by atoms with Crippen molar-refractivity contribution in [2.24, 2.45) is 0 Å². The minimum absolute atomic E-state index is 0.0215. The molecule has 2 aromatic rings. The highest BCUT2D eigenvalue weighted by Crippen LogP contribution is 2.30. The Hall–Kier alpha value is -1.93. The molecule has 1 aromatic carbocycles. The Morgan fingerprint density at radius 3 is 2.70 bits per heavy atom. The molecule has 0 aliphatic carbocycles. The lowest BCUT2D eigenvalue weighted by atomic mass is 10.2. The van der Waals surface area contributed by atoms with Crippen LogP contribution in [0.5, 0.6) is 5.75 Å². The molecule has 0 aliphatic heterocycles. The number of benzene rings is 1. The van der Waals surface area contributed by atoms with Gasteiger partial charge in [-0.1, -0.05) is 15.9 Å². The predicted molar refractivity (Wildman–Crippen MR) is 92.2 cm³/mol. The number of methoxy groups -OCH3 is 1. The standard InChI is InChI=1S/C15H15BrN2O4S/c1-9-12(18(20)21)7-14(23-9)15(19)17(2)8-10-6-11(16)4-5-13(10)22-3/h4-7H,8H2,1-3H3. The van der Waals surface area contributed by atoms with Crippen molar-refractivity contribution in [2.75, 3.05) is 14.2 Å². The van der Waals surface area contributed by atoms with Crippen molar-refractivity contribution in [1.29, 1.82) is 0 Å². The number of ether oxygens (including phenoxy) is 1. The van der Waals surface area contributed by atoms with Gasteiger partial charge in [0, 0.05) is 29.7 Å². The summed E-state index contributed by atoms with van der Waals surface area (Å²) < 4.78 is 6.18. The lowest BCUT2D eigenvalue weighted by molar-refractivity contribution is -0.385. The number of thiophene rings is 1. The van der Waals surface area contributed by atoms with Gasteiger partial charge < -0.3 is 9.64 Å². The number of hydrogen-bond donors (Lipinski definition) is 0. The molecule has 1 amide bonds. The topological polar surface area (TPSA) is 72.7 Å². The van der Waals surface area contributed by atoms with E-state index in [-0.39, 0.29) is 11.6 Å². The molecule has 8 heteroatoms. The van der Waals surface area contributed by atoms with Crippen LogP contribution in [0.25, 0.3) is 0 Å². The fraction of sp³-hybridized carbons (Fsp3) is 0.267. The summed E-state index contributed by atoms with van der Waals surface area (Å²) in [6.07, 6.45) is 0. The van der Waals surface area contributed by atoms with Crippen molar-refractivity contribution < 1.29 is 14.5 Å². The van der Waals surface area contributed by atoms with Crippen LogP contribution in [0.2, 0.25) is 0 Å². The van der Waals surface area contributed by atoms with E-state index < -0.39 is 4.92 Å². The molecule has 2 rings (SSSR count). The first-order valence-corrected chi connectivity index (χ1v) is 8.27. The summed E-state index contributed by atoms with van der Waals surface area (Å²) >= 11 is 4.52. The fourth-order valence-corrected chi connectivity index (χ4v) is 3.54. The molecule has 6 nitrogen and oxygen atoms in total. The van der Waals surface area contributed by atoms with E-state index in [1.165, 1.54) is 11.0 Å². The number of hydrogen-bond acceptors (Lipinski definition) is 5. The van der Waals surface area contributed by atoms with Gasteiger partial charge >= 0.3 is 0 Å². The van der Waals surface area contributed by atoms with Crippen molar-refractivity contribution in [3.8, 4) is 5.75 Å². The van der Waals surface area contributed by atoms with E-state index >= 15 is 0 Å². The quantitative estimate of drug-likeness (QED) is 0.563. The van der Waals surface area contributed by atoms with E-state index in [1.54, 1.807) is 21.1 Å². The van der Waals surface area contributed by atoms with E-state index in [1.807, 2.05) is 18.2 Å². The molecule has 0 unspecified atom stereocenters. The fourth-order valence-electron chi connectivity index (χ4n) is 2.15. The molecular weight excluding hydrogens is 384 g/mol. The Morgan fingerprint density at radius 2 is 2.13 bits per heavy atom. The summed E-state index contributed by atoms with van der Waals surface area (Å²) in [5, 5.41) is 10.9. The summed E-state index contributed by atoms with van der Waals surface area (Å²) in [6.45, 7) is 1.98. The van der Waals surface area contributed by atoms with Crippen molar-refractivity contribution in [1.82, 2.24) is 4.90 Å². The zero-order valence-electron chi connectivity index (χ0n) is 12.8. The average molecular weight is 399 g/mol. The molecule has 0 spiro atoms. The van der Waals surface area contributed by atoms with Gasteiger partial charge in [0.2, 0.25) is 0 Å². The van der Waals surface area contributed by atoms with Gasteiger partial charge in [-0.25, -0.2) is 0 Å². The van der Waals surface area contributed by atoms with E-state index in [2.05, 4.69) is 15.9 Å². The number of amides is 1. The van der Waals surface area contributed by atoms with Crippen molar-refractivity contribution in [2.45, 2.75) is 13.5 Å². The molecule has 0 saturated carbocycles. The Kier molecular flexibility index (Phi) is 5.38. The van der Waals surface area contributed by atoms with Crippen LogP contribution in [-0.4, -0.2) is 29.9 Å². The number of carbonyl (C=O) groups excluding carboxylic acids is 1. The molecule has 0 fully saturated rings. The SMILES string of the molecule is COc1ccc(Br)cc1CN(C)C(=O)c1cc([N+](=O)[O-])c(C)s1. The summed E-state index contributed by atoms with van der Waals surface area (Å²) in [7, 11) is 3.23. The van der Waals surface area contributed by atoms with Crippen molar-refractivity contribution in [3.63, 3.8) is 0 Å². The smallest absolute Gasteiger partial charge is 0.283 e. The van der Waals surface area contributed by atoms with Crippen molar-refractivity contribution >= 4 is 38.9 Å². The van der Waals surface area contributed by atoms with Gasteiger partial charge in [-0.05, 0) is 25.1 Å². The molecule has 0 saturated heterocycles. The third-order valence-corrected chi connectivity index (χ3v) is 4.82. The Labute approximate surface area is 146 Å². The zero-order valence-corrected chi connectivity index (χ0v) is 15.2. The first kappa shape index (κ1) is 17.4. The van der Waals surface area contributed by atoms with Gasteiger partial charge in [-0.15, -0.1) is 11.3 Å². The molecule has 0 aliphatic rings. The van der Waals surface area contributed by atoms with Crippen LogP contribution >= 0.6 is 27.3 Å². The highest BCUT2D eigenvalue weighted by atomic mass is 79.9. The van der Waals surface area contributed by atoms with E-state index in [0.29, 0.717) is 22.0 Å². The maximum atomic E-state index is 12.5. The second-order valence-electron chi connectivity index (χ2n) is 4.93. The summed E-state index contributed by atoms with van der Waals surface area (Å²) in [5.74, 6) is 0.425. The second-order valence-corrected chi connectivity index (χ2v) is 7.10. The van der Waals surface area contributed by atoms with Crippen molar-refractivity contribution in [3.05, 3.63) is 54.2 Å². The van der Waals surface area contributed by atoms with Crippen LogP contribution in [-0.2, 0) is 6.54 Å². The minimum atomic E-state index is -0.472. The molecule has 0 atom stereocenters. The number of nitrogens with zero attached hydrogens (tertiary/aromatic N) is 2. The molecule has 0 bridgehead atoms. The van der Waals surface area contributed by atoms with Gasteiger partial charge in [0.05, 0.1) is 21.8 Å². The summed E-state index contributed by atoms with van der Waals surface area (Å²) in [5.41, 5.74) is 0.826. The normalized spacial score (nSPS) is 10.4. The third kappa shape index (κ3) is 3.89. The number of nitro groups is 1. The molecule has 0 N–H and O–H groups in total. The van der Waals surface area contributed by atoms with Crippen LogP contribution in [0, 0.1) is 17.0 Å². The number of carbonyl (C=O) groups is 1. The number of rotatable bonds is 5. The van der Waals surface area contributed by atoms with Gasteiger partial charge in [0.1, 0.15) is 5.75 Å². The van der Waals surface area contributed by atoms with Gasteiger partial charge in [0.25, 0.3) is 11.6 Å². The van der Waals surface area contributed by atoms with Crippen LogP contribution in [0.4, 0.5) is 5.69 Å². The first-order valence-electron chi connectivity index (χ1n) is 6.66. The third-order valence-electron chi connectivity index (χ3n) is 3.30. The molecule has 1 aromatic heterocycles. The highest BCUT2D eigenvalue weighted by molar-refractivity contribution is 9.10. The minimum Gasteiger partial charge on any atom is -0.496 e. The Morgan fingerprint density at radius 1 is 1.43 bits per heavy atom. The Balaban J connectivity index is 2.22. The second kappa shape index (κ2) is 7.10. The summed E-state index contributed by atoms with van der Waals surface area (Å²) in [6, 6.07) is 6.88. The predicted octanol–water partition coefficient (Wildman–Crippen LogP) is 4.01. The summed E-state index contributed by atoms with van der Waals surface area (Å²) in [4.78, 5) is 25.3. The lowest BCUT2D eigenvalue weighted by Crippen LogP contribution is -2.25. The monoisotopic (exact) mass is 398 g/mol. The maximum absolute atomic E-state index is 12.5. The first-order chi connectivity index (χ1) is 10.8.